The largest absolute Gasteiger partial charge is 0.298 e. The third kappa shape index (κ3) is 3.60. The lowest BCUT2D eigenvalue weighted by molar-refractivity contribution is -0.385. The summed E-state index contributed by atoms with van der Waals surface area (Å²) < 4.78 is 0.337. The summed E-state index contributed by atoms with van der Waals surface area (Å²) in [6.07, 6.45) is 1.46. The number of carbonyl (C=O) groups excluding carboxylic acids is 2. The van der Waals surface area contributed by atoms with Crippen LogP contribution >= 0.6 is 39.3 Å². The van der Waals surface area contributed by atoms with Crippen molar-refractivity contribution in [2.75, 3.05) is 4.90 Å². The minimum Gasteiger partial charge on any atom is -0.268 e. The molecular formula is C16H8BrClN2O4S. The molecule has 9 heteroatoms. The average Bonchev–Trinajstić information content (AvgIpc) is 2.84. The number of carbonyl (C=O) groups is 2. The molecule has 0 aromatic heterocycles. The molecule has 0 radical (unpaired) electrons. The van der Waals surface area contributed by atoms with Crippen LogP contribution in [0.25, 0.3) is 6.08 Å². The molecule has 3 rings (SSSR count). The van der Waals surface area contributed by atoms with Crippen LogP contribution in [0.1, 0.15) is 5.56 Å². The Balaban J connectivity index is 1.94. The smallest absolute Gasteiger partial charge is 0.268 e. The fourth-order valence-electron chi connectivity index (χ4n) is 2.19. The molecule has 0 N–H and O–H groups in total. The van der Waals surface area contributed by atoms with Gasteiger partial charge in [-0.3, -0.25) is 19.7 Å². The highest BCUT2D eigenvalue weighted by Crippen LogP contribution is 2.36. The summed E-state index contributed by atoms with van der Waals surface area (Å²) in [5, 5.41) is 11.1. The van der Waals surface area contributed by atoms with Crippen LogP contribution in [0.4, 0.5) is 16.2 Å². The minimum absolute atomic E-state index is 0.120. The Labute approximate surface area is 159 Å². The summed E-state index contributed by atoms with van der Waals surface area (Å²) in [5.41, 5.74) is 0.749. The van der Waals surface area contributed by atoms with Gasteiger partial charge in [-0.25, -0.2) is 4.90 Å². The van der Waals surface area contributed by atoms with Gasteiger partial charge >= 0.3 is 0 Å². The summed E-state index contributed by atoms with van der Waals surface area (Å²) in [4.78, 5) is 36.4. The first-order chi connectivity index (χ1) is 11.9. The lowest BCUT2D eigenvalue weighted by Gasteiger charge is -2.12. The number of benzene rings is 2. The molecule has 0 atom stereocenters. The lowest BCUT2D eigenvalue weighted by atomic mass is 10.2. The predicted octanol–water partition coefficient (Wildman–Crippen LogP) is 5.25. The van der Waals surface area contributed by atoms with Gasteiger partial charge in [0.25, 0.3) is 16.8 Å². The number of nitro benzene ring substituents is 1. The van der Waals surface area contributed by atoms with Crippen molar-refractivity contribution in [3.63, 3.8) is 0 Å². The third-order valence-electron chi connectivity index (χ3n) is 3.34. The number of anilines is 1. The normalized spacial score (nSPS) is 15.9. The van der Waals surface area contributed by atoms with Gasteiger partial charge in [-0.1, -0.05) is 17.7 Å². The molecule has 1 aliphatic heterocycles. The maximum Gasteiger partial charge on any atom is 0.298 e. The maximum absolute atomic E-state index is 12.5. The highest BCUT2D eigenvalue weighted by molar-refractivity contribution is 9.10. The quantitative estimate of drug-likeness (QED) is 0.370. The topological polar surface area (TPSA) is 80.5 Å². The first-order valence-electron chi connectivity index (χ1n) is 6.84. The van der Waals surface area contributed by atoms with Gasteiger partial charge in [0.05, 0.1) is 20.0 Å². The second kappa shape index (κ2) is 6.99. The fraction of sp³-hybridized carbons (Fsp3) is 0. The minimum atomic E-state index is -0.527. The van der Waals surface area contributed by atoms with E-state index in [9.17, 15) is 19.7 Å². The zero-order chi connectivity index (χ0) is 18.1. The zero-order valence-corrected chi connectivity index (χ0v) is 15.5. The molecule has 1 fully saturated rings. The van der Waals surface area contributed by atoms with Crippen LogP contribution in [0.2, 0.25) is 5.02 Å². The first-order valence-corrected chi connectivity index (χ1v) is 8.83. The molecule has 2 aromatic rings. The Hall–Kier alpha value is -2.16. The van der Waals surface area contributed by atoms with E-state index >= 15 is 0 Å². The van der Waals surface area contributed by atoms with Gasteiger partial charge in [0.15, 0.2) is 0 Å². The third-order valence-corrected chi connectivity index (χ3v) is 5.14. The van der Waals surface area contributed by atoms with E-state index in [4.69, 9.17) is 11.6 Å². The molecule has 0 saturated carbocycles. The van der Waals surface area contributed by atoms with Crippen LogP contribution in [0.3, 0.4) is 0 Å². The Bertz CT molecular complexity index is 930. The number of thioether (sulfide) groups is 1. The summed E-state index contributed by atoms with van der Waals surface area (Å²) in [6.45, 7) is 0. The monoisotopic (exact) mass is 438 g/mol. The van der Waals surface area contributed by atoms with Gasteiger partial charge < -0.3 is 0 Å². The van der Waals surface area contributed by atoms with Crippen molar-refractivity contribution < 1.29 is 14.5 Å². The van der Waals surface area contributed by atoms with E-state index in [1.54, 1.807) is 30.3 Å². The first kappa shape index (κ1) is 17.7. The van der Waals surface area contributed by atoms with Crippen LogP contribution in [0.15, 0.2) is 51.8 Å². The number of halogens is 2. The van der Waals surface area contributed by atoms with Crippen LogP contribution < -0.4 is 4.90 Å². The van der Waals surface area contributed by atoms with E-state index in [1.807, 2.05) is 0 Å². The molecular weight excluding hydrogens is 432 g/mol. The molecule has 2 amide bonds. The molecule has 2 aromatic carbocycles. The van der Waals surface area contributed by atoms with Gasteiger partial charge in [0.1, 0.15) is 0 Å². The SMILES string of the molecule is O=C1SC(=Cc2ccc(Br)c([N+](=O)[O-])c2)C(=O)N1c1ccc(Cl)cc1. The molecule has 0 unspecified atom stereocenters. The molecule has 0 spiro atoms. The Kier molecular flexibility index (Phi) is 4.94. The van der Waals surface area contributed by atoms with Crippen LogP contribution in [-0.2, 0) is 4.79 Å². The highest BCUT2D eigenvalue weighted by atomic mass is 79.9. The van der Waals surface area contributed by atoms with Crippen molar-refractivity contribution in [3.8, 4) is 0 Å². The zero-order valence-electron chi connectivity index (χ0n) is 12.3. The molecule has 1 aliphatic rings. The summed E-state index contributed by atoms with van der Waals surface area (Å²) >= 11 is 9.70. The summed E-state index contributed by atoms with van der Waals surface area (Å²) in [5.74, 6) is -0.483. The number of imide groups is 1. The van der Waals surface area contributed by atoms with Gasteiger partial charge in [0.2, 0.25) is 0 Å². The van der Waals surface area contributed by atoms with Crippen molar-refractivity contribution >= 4 is 67.9 Å². The van der Waals surface area contributed by atoms with Gasteiger partial charge in [-0.05, 0) is 69.7 Å². The van der Waals surface area contributed by atoms with Crippen molar-refractivity contribution in [1.82, 2.24) is 0 Å². The van der Waals surface area contributed by atoms with Crippen molar-refractivity contribution in [3.05, 3.63) is 72.5 Å². The van der Waals surface area contributed by atoms with Crippen molar-refractivity contribution in [2.24, 2.45) is 0 Å². The second-order valence-corrected chi connectivity index (χ2v) is 7.25. The number of rotatable bonds is 3. The second-order valence-electron chi connectivity index (χ2n) is 4.96. The Morgan fingerprint density at radius 3 is 2.48 bits per heavy atom. The number of hydrogen-bond acceptors (Lipinski definition) is 5. The molecule has 1 heterocycles. The van der Waals surface area contributed by atoms with Crippen molar-refractivity contribution in [1.29, 1.82) is 0 Å². The van der Waals surface area contributed by atoms with E-state index in [-0.39, 0.29) is 10.6 Å². The van der Waals surface area contributed by atoms with E-state index < -0.39 is 16.1 Å². The van der Waals surface area contributed by atoms with Crippen LogP contribution in [-0.4, -0.2) is 16.1 Å². The number of nitrogens with zero attached hydrogens (tertiary/aromatic N) is 2. The molecule has 0 aliphatic carbocycles. The average molecular weight is 440 g/mol. The van der Waals surface area contributed by atoms with E-state index in [0.717, 1.165) is 16.7 Å². The fourth-order valence-corrected chi connectivity index (χ4v) is 3.55. The van der Waals surface area contributed by atoms with Gasteiger partial charge in [-0.15, -0.1) is 0 Å². The van der Waals surface area contributed by atoms with Gasteiger partial charge in [-0.2, -0.15) is 0 Å². The molecule has 0 bridgehead atoms. The predicted molar refractivity (Wildman–Crippen MR) is 101 cm³/mol. The van der Waals surface area contributed by atoms with Gasteiger partial charge in [0, 0.05) is 11.1 Å². The Morgan fingerprint density at radius 1 is 1.16 bits per heavy atom. The maximum atomic E-state index is 12.5. The van der Waals surface area contributed by atoms with E-state index in [0.29, 0.717) is 20.7 Å². The van der Waals surface area contributed by atoms with E-state index in [2.05, 4.69) is 15.9 Å². The standard InChI is InChI=1S/C16H8BrClN2O4S/c17-12-6-1-9(7-13(12)20(23)24)8-14-15(21)19(16(22)25-14)11-4-2-10(18)3-5-11/h1-8H. The molecule has 6 nitrogen and oxygen atoms in total. The van der Waals surface area contributed by atoms with Crippen molar-refractivity contribution in [2.45, 2.75) is 0 Å². The van der Waals surface area contributed by atoms with Crippen LogP contribution in [0, 0.1) is 10.1 Å². The van der Waals surface area contributed by atoms with E-state index in [1.165, 1.54) is 18.2 Å². The molecule has 1 saturated heterocycles. The number of amides is 2. The molecule has 25 heavy (non-hydrogen) atoms. The number of nitro groups is 1. The summed E-state index contributed by atoms with van der Waals surface area (Å²) in [6, 6.07) is 10.8. The Morgan fingerprint density at radius 2 is 1.84 bits per heavy atom. The van der Waals surface area contributed by atoms with Crippen LogP contribution in [0.5, 0.6) is 0 Å². The summed E-state index contributed by atoms with van der Waals surface area (Å²) in [7, 11) is 0. The highest BCUT2D eigenvalue weighted by Gasteiger charge is 2.36. The lowest BCUT2D eigenvalue weighted by Crippen LogP contribution is -2.27. The number of hydrogen-bond donors (Lipinski definition) is 0. The molecule has 126 valence electrons.